The molecule has 0 aliphatic heterocycles. The lowest BCUT2D eigenvalue weighted by Crippen LogP contribution is -1.98. The molecule has 0 fully saturated rings. The molecule has 0 unspecified atom stereocenters. The van der Waals surface area contributed by atoms with Crippen molar-refractivity contribution in [1.29, 1.82) is 0 Å². The molecule has 0 bridgehead atoms. The Balaban J connectivity index is 2.70. The van der Waals surface area contributed by atoms with Crippen LogP contribution in [0.15, 0.2) is 29.2 Å². The number of hydrogen-bond acceptors (Lipinski definition) is 1. The topological polar surface area (TPSA) is 14.1 Å². The highest BCUT2D eigenvalue weighted by Gasteiger charge is 2.28. The molecule has 0 radical (unpaired) electrons. The second-order valence-corrected chi connectivity index (χ2v) is 3.40. The van der Waals surface area contributed by atoms with E-state index in [0.717, 1.165) is 0 Å². The largest absolute Gasteiger partial charge is 0.687 e. The molecule has 1 aromatic carbocycles. The first kappa shape index (κ1) is 10.2. The molecular formula is C8H7F3NS-. The van der Waals surface area contributed by atoms with Gasteiger partial charge < -0.3 is 5.32 Å². The van der Waals surface area contributed by atoms with E-state index < -0.39 is 5.51 Å². The highest BCUT2D eigenvalue weighted by Crippen LogP contribution is 2.37. The van der Waals surface area contributed by atoms with Crippen molar-refractivity contribution in [1.82, 2.24) is 0 Å². The summed E-state index contributed by atoms with van der Waals surface area (Å²) in [4.78, 5) is 0.180. The number of thioether (sulfide) groups is 1. The maximum Gasteiger partial charge on any atom is 0.446 e. The molecule has 1 aromatic rings. The second kappa shape index (κ2) is 3.91. The first-order valence-electron chi connectivity index (χ1n) is 3.47. The summed E-state index contributed by atoms with van der Waals surface area (Å²) in [5.74, 6) is 0. The number of benzene rings is 1. The van der Waals surface area contributed by atoms with Crippen molar-refractivity contribution in [3.63, 3.8) is 0 Å². The van der Waals surface area contributed by atoms with Gasteiger partial charge in [0.1, 0.15) is 0 Å². The average Bonchev–Trinajstić information content (AvgIpc) is 2.03. The first-order chi connectivity index (χ1) is 6.01. The molecule has 1 nitrogen and oxygen atoms in total. The third-order valence-corrected chi connectivity index (χ3v) is 2.07. The third-order valence-electron chi connectivity index (χ3n) is 1.33. The van der Waals surface area contributed by atoms with Crippen LogP contribution in [0, 0.1) is 0 Å². The summed E-state index contributed by atoms with van der Waals surface area (Å²) in [5, 5.41) is 3.82. The maximum absolute atomic E-state index is 11.9. The minimum Gasteiger partial charge on any atom is -0.687 e. The second-order valence-electron chi connectivity index (χ2n) is 2.27. The van der Waals surface area contributed by atoms with Crippen LogP contribution in [0.25, 0.3) is 5.32 Å². The molecule has 0 aliphatic carbocycles. The fraction of sp³-hybridized carbons (Fsp3) is 0.250. The van der Waals surface area contributed by atoms with Crippen molar-refractivity contribution in [2.24, 2.45) is 0 Å². The van der Waals surface area contributed by atoms with Crippen LogP contribution in [0.4, 0.5) is 18.9 Å². The Kier molecular flexibility index (Phi) is 3.08. The van der Waals surface area contributed by atoms with E-state index >= 15 is 0 Å². The van der Waals surface area contributed by atoms with Crippen LogP contribution in [0.1, 0.15) is 0 Å². The summed E-state index contributed by atoms with van der Waals surface area (Å²) in [6, 6.07) is 5.91. The Morgan fingerprint density at radius 1 is 1.15 bits per heavy atom. The van der Waals surface area contributed by atoms with Crippen molar-refractivity contribution in [3.8, 4) is 0 Å². The van der Waals surface area contributed by atoms with Crippen LogP contribution in [0.5, 0.6) is 0 Å². The van der Waals surface area contributed by atoms with Gasteiger partial charge in [-0.3, -0.25) is 0 Å². The van der Waals surface area contributed by atoms with E-state index in [-0.39, 0.29) is 16.7 Å². The van der Waals surface area contributed by atoms with Crippen LogP contribution in [-0.4, -0.2) is 12.6 Å². The lowest BCUT2D eigenvalue weighted by Gasteiger charge is -2.13. The highest BCUT2D eigenvalue weighted by atomic mass is 32.2. The zero-order chi connectivity index (χ0) is 9.90. The predicted molar refractivity (Wildman–Crippen MR) is 47.3 cm³/mol. The average molecular weight is 206 g/mol. The SMILES string of the molecule is C[N-]c1ccc(SC(F)(F)F)cc1. The molecule has 0 heterocycles. The van der Waals surface area contributed by atoms with E-state index in [0.29, 0.717) is 5.69 Å². The third kappa shape index (κ3) is 3.59. The summed E-state index contributed by atoms with van der Waals surface area (Å²) in [6.07, 6.45) is 0. The lowest BCUT2D eigenvalue weighted by atomic mass is 10.3. The summed E-state index contributed by atoms with van der Waals surface area (Å²) in [6.45, 7) is 0. The van der Waals surface area contributed by atoms with Gasteiger partial charge in [-0.2, -0.15) is 13.2 Å². The zero-order valence-corrected chi connectivity index (χ0v) is 7.62. The summed E-state index contributed by atoms with van der Waals surface area (Å²) in [5.41, 5.74) is -3.54. The van der Waals surface area contributed by atoms with E-state index in [1.54, 1.807) is 19.2 Å². The van der Waals surface area contributed by atoms with Gasteiger partial charge >= 0.3 is 5.51 Å². The van der Waals surface area contributed by atoms with Gasteiger partial charge in [0.05, 0.1) is 0 Å². The van der Waals surface area contributed by atoms with Crippen LogP contribution in [-0.2, 0) is 0 Å². The van der Waals surface area contributed by atoms with Crippen LogP contribution < -0.4 is 0 Å². The number of hydrogen-bond donors (Lipinski definition) is 0. The van der Waals surface area contributed by atoms with Crippen LogP contribution >= 0.6 is 11.8 Å². The first-order valence-corrected chi connectivity index (χ1v) is 4.28. The molecule has 1 rings (SSSR count). The van der Waals surface area contributed by atoms with Crippen molar-refractivity contribution in [2.45, 2.75) is 10.4 Å². The Morgan fingerprint density at radius 3 is 2.08 bits per heavy atom. The maximum atomic E-state index is 11.9. The van der Waals surface area contributed by atoms with Gasteiger partial charge in [0.25, 0.3) is 0 Å². The van der Waals surface area contributed by atoms with Crippen molar-refractivity contribution >= 4 is 17.4 Å². The van der Waals surface area contributed by atoms with Crippen molar-refractivity contribution < 1.29 is 13.2 Å². The fourth-order valence-corrected chi connectivity index (χ4v) is 1.34. The number of alkyl halides is 3. The van der Waals surface area contributed by atoms with Gasteiger partial charge in [0, 0.05) is 4.90 Å². The monoisotopic (exact) mass is 206 g/mol. The van der Waals surface area contributed by atoms with Crippen molar-refractivity contribution in [3.05, 3.63) is 29.6 Å². The van der Waals surface area contributed by atoms with E-state index in [4.69, 9.17) is 0 Å². The van der Waals surface area contributed by atoms with Gasteiger partial charge in [0.2, 0.25) is 0 Å². The highest BCUT2D eigenvalue weighted by molar-refractivity contribution is 8.00. The molecular weight excluding hydrogens is 199 g/mol. The molecule has 0 aliphatic rings. The Hall–Kier alpha value is -0.840. The molecule has 5 heteroatoms. The normalized spacial score (nSPS) is 11.4. The molecule has 0 saturated carbocycles. The molecule has 0 amide bonds. The van der Waals surface area contributed by atoms with Crippen molar-refractivity contribution in [2.75, 3.05) is 7.05 Å². The standard InChI is InChI=1S/C8H7F3NS/c1-12-6-2-4-7(5-3-6)13-8(9,10)11/h2-5H,1H3/q-1. The molecule has 0 aromatic heterocycles. The lowest BCUT2D eigenvalue weighted by molar-refractivity contribution is -0.0328. The smallest absolute Gasteiger partial charge is 0.446 e. The van der Waals surface area contributed by atoms with Gasteiger partial charge in [-0.15, -0.1) is 12.7 Å². The fourth-order valence-electron chi connectivity index (χ4n) is 0.797. The molecule has 0 saturated heterocycles. The molecule has 0 spiro atoms. The van der Waals surface area contributed by atoms with E-state index in [1.807, 2.05) is 0 Å². The molecule has 0 N–H and O–H groups in total. The molecule has 0 atom stereocenters. The Labute approximate surface area is 78.3 Å². The summed E-state index contributed by atoms with van der Waals surface area (Å²) in [7, 11) is 1.59. The minimum absolute atomic E-state index is 0.122. The van der Waals surface area contributed by atoms with Gasteiger partial charge in [-0.1, -0.05) is 12.1 Å². The summed E-state index contributed by atoms with van der Waals surface area (Å²) < 4.78 is 35.6. The minimum atomic E-state index is -4.22. The Bertz CT molecular complexity index is 268. The quantitative estimate of drug-likeness (QED) is 0.668. The number of halogens is 3. The number of rotatable bonds is 2. The Morgan fingerprint density at radius 2 is 1.69 bits per heavy atom. The molecule has 72 valence electrons. The van der Waals surface area contributed by atoms with Gasteiger partial charge in [0.15, 0.2) is 0 Å². The molecule has 13 heavy (non-hydrogen) atoms. The van der Waals surface area contributed by atoms with E-state index in [9.17, 15) is 13.2 Å². The van der Waals surface area contributed by atoms with Crippen LogP contribution in [0.3, 0.4) is 0 Å². The zero-order valence-electron chi connectivity index (χ0n) is 6.80. The predicted octanol–water partition coefficient (Wildman–Crippen LogP) is 3.93. The van der Waals surface area contributed by atoms with E-state index in [1.165, 1.54) is 12.1 Å². The van der Waals surface area contributed by atoms with E-state index in [2.05, 4.69) is 5.32 Å². The van der Waals surface area contributed by atoms with Gasteiger partial charge in [-0.25, -0.2) is 0 Å². The van der Waals surface area contributed by atoms with Gasteiger partial charge in [-0.05, 0) is 23.9 Å². The van der Waals surface area contributed by atoms with Crippen LogP contribution in [0.2, 0.25) is 0 Å². The number of nitrogens with zero attached hydrogens (tertiary/aromatic N) is 1. The summed E-state index contributed by atoms with van der Waals surface area (Å²) >= 11 is -0.122.